The van der Waals surface area contributed by atoms with Crippen LogP contribution in [0.15, 0.2) is 29.6 Å². The Morgan fingerprint density at radius 2 is 1.97 bits per heavy atom. The molecule has 2 aliphatic carbocycles. The van der Waals surface area contributed by atoms with Gasteiger partial charge in [0.15, 0.2) is 0 Å². The van der Waals surface area contributed by atoms with Crippen molar-refractivity contribution in [1.29, 1.82) is 0 Å². The van der Waals surface area contributed by atoms with Gasteiger partial charge in [-0.2, -0.15) is 0 Å². The zero-order valence-electron chi connectivity index (χ0n) is 18.3. The number of thiophene rings is 1. The van der Waals surface area contributed by atoms with Crippen LogP contribution in [0.3, 0.4) is 0 Å². The normalized spacial score (nSPS) is 20.3. The lowest BCUT2D eigenvalue weighted by molar-refractivity contribution is -0.143. The van der Waals surface area contributed by atoms with Gasteiger partial charge in [-0.15, -0.1) is 11.3 Å². The van der Waals surface area contributed by atoms with Gasteiger partial charge in [-0.05, 0) is 74.6 Å². The summed E-state index contributed by atoms with van der Waals surface area (Å²) >= 11 is 1.76. The molecule has 0 radical (unpaired) electrons. The standard InChI is InChI=1S/C25H30N2O3S/c1-16-3-8-22(17(2)13-16)30-15-21-20-10-12-31-23(20)9-11-26(21)24(28)14-27(19-6-7-19)25(29)18-4-5-18/h3,8,10,12-13,18-19,21H,4-7,9,11,14-15H2,1-2H3/t21-/m1/s1. The quantitative estimate of drug-likeness (QED) is 0.649. The zero-order chi connectivity index (χ0) is 21.5. The fourth-order valence-corrected chi connectivity index (χ4v) is 5.51. The van der Waals surface area contributed by atoms with Crippen molar-refractivity contribution in [2.24, 2.45) is 5.92 Å². The first-order valence-electron chi connectivity index (χ1n) is 11.4. The van der Waals surface area contributed by atoms with Crippen LogP contribution in [0.25, 0.3) is 0 Å². The van der Waals surface area contributed by atoms with Gasteiger partial charge in [0.2, 0.25) is 11.8 Å². The number of hydrogen-bond donors (Lipinski definition) is 0. The Bertz CT molecular complexity index is 992. The Balaban J connectivity index is 1.33. The molecular formula is C25H30N2O3S. The molecule has 1 aromatic carbocycles. The maximum Gasteiger partial charge on any atom is 0.242 e. The first-order chi connectivity index (χ1) is 15.0. The van der Waals surface area contributed by atoms with E-state index in [4.69, 9.17) is 4.74 Å². The predicted octanol–water partition coefficient (Wildman–Crippen LogP) is 4.27. The van der Waals surface area contributed by atoms with Crippen LogP contribution in [0.5, 0.6) is 5.75 Å². The number of benzene rings is 1. The third-order valence-electron chi connectivity index (χ3n) is 6.65. The fraction of sp³-hybridized carbons (Fsp3) is 0.520. The second-order valence-corrected chi connectivity index (χ2v) is 10.2. The van der Waals surface area contributed by atoms with Crippen LogP contribution in [0.2, 0.25) is 0 Å². The van der Waals surface area contributed by atoms with E-state index < -0.39 is 0 Å². The van der Waals surface area contributed by atoms with E-state index in [1.807, 2.05) is 15.9 Å². The SMILES string of the molecule is Cc1ccc(OC[C@@H]2c3ccsc3CCN2C(=O)CN(C(=O)C2CC2)C2CC2)c(C)c1. The molecule has 0 N–H and O–H groups in total. The first kappa shape index (κ1) is 20.6. The molecule has 2 saturated carbocycles. The minimum Gasteiger partial charge on any atom is -0.491 e. The van der Waals surface area contributed by atoms with Crippen LogP contribution in [-0.2, 0) is 16.0 Å². The molecule has 5 nitrogen and oxygen atoms in total. The Labute approximate surface area is 188 Å². The Hall–Kier alpha value is -2.34. The molecule has 5 rings (SSSR count). The number of fused-ring (bicyclic) bond motifs is 1. The maximum absolute atomic E-state index is 13.4. The number of carbonyl (C=O) groups excluding carboxylic acids is 2. The van der Waals surface area contributed by atoms with Gasteiger partial charge in [-0.3, -0.25) is 9.59 Å². The van der Waals surface area contributed by atoms with Gasteiger partial charge in [0.25, 0.3) is 0 Å². The van der Waals surface area contributed by atoms with Crippen molar-refractivity contribution in [3.8, 4) is 5.75 Å². The third kappa shape index (κ3) is 4.36. The number of aryl methyl sites for hydroxylation is 2. The lowest BCUT2D eigenvalue weighted by Gasteiger charge is -2.37. The Kier molecular flexibility index (Phi) is 5.51. The monoisotopic (exact) mass is 438 g/mol. The first-order valence-corrected chi connectivity index (χ1v) is 12.3. The molecule has 0 bridgehead atoms. The number of hydrogen-bond acceptors (Lipinski definition) is 4. The van der Waals surface area contributed by atoms with Gasteiger partial charge in [-0.25, -0.2) is 0 Å². The van der Waals surface area contributed by atoms with Gasteiger partial charge in [0.1, 0.15) is 18.9 Å². The third-order valence-corrected chi connectivity index (χ3v) is 7.64. The van der Waals surface area contributed by atoms with E-state index >= 15 is 0 Å². The lowest BCUT2D eigenvalue weighted by atomic mass is 10.00. The van der Waals surface area contributed by atoms with Crippen molar-refractivity contribution < 1.29 is 14.3 Å². The molecule has 2 fully saturated rings. The highest BCUT2D eigenvalue weighted by Gasteiger charge is 2.42. The zero-order valence-corrected chi connectivity index (χ0v) is 19.1. The van der Waals surface area contributed by atoms with Crippen LogP contribution in [0.4, 0.5) is 0 Å². The molecule has 0 unspecified atom stereocenters. The average Bonchev–Trinajstić information content (AvgIpc) is 3.68. The van der Waals surface area contributed by atoms with Crippen LogP contribution in [0.1, 0.15) is 53.3 Å². The largest absolute Gasteiger partial charge is 0.491 e. The van der Waals surface area contributed by atoms with Crippen molar-refractivity contribution in [2.45, 2.75) is 58.0 Å². The average molecular weight is 439 g/mol. The minimum absolute atomic E-state index is 0.0481. The number of rotatable bonds is 7. The molecule has 2 heterocycles. The van der Waals surface area contributed by atoms with Crippen LogP contribution in [-0.4, -0.2) is 47.4 Å². The summed E-state index contributed by atoms with van der Waals surface area (Å²) in [6, 6.07) is 8.47. The highest BCUT2D eigenvalue weighted by atomic mass is 32.1. The molecule has 164 valence electrons. The van der Waals surface area contributed by atoms with Crippen LogP contribution in [0, 0.1) is 19.8 Å². The summed E-state index contributed by atoms with van der Waals surface area (Å²) in [4.78, 5) is 31.3. The van der Waals surface area contributed by atoms with Gasteiger partial charge >= 0.3 is 0 Å². The molecule has 3 aliphatic rings. The topological polar surface area (TPSA) is 49.9 Å². The van der Waals surface area contributed by atoms with Crippen molar-refractivity contribution in [3.05, 3.63) is 51.2 Å². The summed E-state index contributed by atoms with van der Waals surface area (Å²) in [7, 11) is 0. The van der Waals surface area contributed by atoms with Gasteiger partial charge in [0.05, 0.1) is 6.04 Å². The summed E-state index contributed by atoms with van der Waals surface area (Å²) in [5, 5.41) is 2.11. The number of nitrogens with zero attached hydrogens (tertiary/aromatic N) is 2. The fourth-order valence-electron chi connectivity index (χ4n) is 4.58. The molecule has 0 saturated heterocycles. The van der Waals surface area contributed by atoms with Crippen molar-refractivity contribution in [1.82, 2.24) is 9.80 Å². The Morgan fingerprint density at radius 3 is 2.68 bits per heavy atom. The molecule has 6 heteroatoms. The van der Waals surface area contributed by atoms with Crippen molar-refractivity contribution in [3.63, 3.8) is 0 Å². The summed E-state index contributed by atoms with van der Waals surface area (Å²) in [5.74, 6) is 1.25. The summed E-state index contributed by atoms with van der Waals surface area (Å²) in [5.41, 5.74) is 3.51. The molecular weight excluding hydrogens is 408 g/mol. The van der Waals surface area contributed by atoms with E-state index in [2.05, 4.69) is 37.4 Å². The van der Waals surface area contributed by atoms with Crippen molar-refractivity contribution in [2.75, 3.05) is 19.7 Å². The van der Waals surface area contributed by atoms with E-state index in [-0.39, 0.29) is 36.4 Å². The minimum atomic E-state index is -0.111. The molecule has 1 aromatic heterocycles. The summed E-state index contributed by atoms with van der Waals surface area (Å²) in [6.07, 6.45) is 4.88. The number of ether oxygens (including phenoxy) is 1. The molecule has 31 heavy (non-hydrogen) atoms. The Morgan fingerprint density at radius 1 is 1.16 bits per heavy atom. The van der Waals surface area contributed by atoms with E-state index in [0.29, 0.717) is 13.2 Å². The summed E-state index contributed by atoms with van der Waals surface area (Å²) < 4.78 is 6.23. The number of carbonyl (C=O) groups is 2. The highest BCUT2D eigenvalue weighted by Crippen LogP contribution is 2.37. The second-order valence-electron chi connectivity index (χ2n) is 9.20. The number of amides is 2. The van der Waals surface area contributed by atoms with E-state index in [9.17, 15) is 9.59 Å². The smallest absolute Gasteiger partial charge is 0.242 e. The molecule has 1 aliphatic heterocycles. The molecule has 2 aromatic rings. The highest BCUT2D eigenvalue weighted by molar-refractivity contribution is 7.10. The van der Waals surface area contributed by atoms with E-state index in [0.717, 1.165) is 43.4 Å². The van der Waals surface area contributed by atoms with E-state index in [1.165, 1.54) is 16.0 Å². The van der Waals surface area contributed by atoms with Crippen LogP contribution < -0.4 is 4.74 Å². The maximum atomic E-state index is 13.4. The van der Waals surface area contributed by atoms with Crippen molar-refractivity contribution >= 4 is 23.2 Å². The molecule has 0 spiro atoms. The van der Waals surface area contributed by atoms with Gasteiger partial charge in [0, 0.05) is 23.4 Å². The lowest BCUT2D eigenvalue weighted by Crippen LogP contribution is -2.48. The second kappa shape index (κ2) is 8.30. The van der Waals surface area contributed by atoms with Gasteiger partial charge < -0.3 is 14.5 Å². The van der Waals surface area contributed by atoms with Gasteiger partial charge in [-0.1, -0.05) is 17.7 Å². The van der Waals surface area contributed by atoms with E-state index in [1.54, 1.807) is 11.3 Å². The van der Waals surface area contributed by atoms with Crippen LogP contribution >= 0.6 is 11.3 Å². The predicted molar refractivity (Wildman–Crippen MR) is 121 cm³/mol. The summed E-state index contributed by atoms with van der Waals surface area (Å²) in [6.45, 7) is 5.45. The molecule has 2 amide bonds. The molecule has 1 atom stereocenters.